The first kappa shape index (κ1) is 19.7. The van der Waals surface area contributed by atoms with Crippen LogP contribution in [0, 0.1) is 0 Å². The molecule has 6 nitrogen and oxygen atoms in total. The van der Waals surface area contributed by atoms with Gasteiger partial charge in [0, 0.05) is 18.7 Å². The summed E-state index contributed by atoms with van der Waals surface area (Å²) in [6.45, 7) is 5.13. The lowest BCUT2D eigenvalue weighted by atomic mass is 10.1. The van der Waals surface area contributed by atoms with Crippen molar-refractivity contribution in [3.63, 3.8) is 0 Å². The van der Waals surface area contributed by atoms with Gasteiger partial charge in [-0.15, -0.1) is 0 Å². The molecular weight excluding hydrogens is 308 g/mol. The number of nitrogens with one attached hydrogen (secondary N) is 2. The normalized spacial score (nSPS) is 11.5. The molecule has 132 valence electrons. The van der Waals surface area contributed by atoms with Gasteiger partial charge in [0.2, 0.25) is 5.91 Å². The Labute approximate surface area is 143 Å². The summed E-state index contributed by atoms with van der Waals surface area (Å²) in [4.78, 5) is 34.8. The van der Waals surface area contributed by atoms with Gasteiger partial charge >= 0.3 is 5.97 Å². The van der Waals surface area contributed by atoms with Crippen molar-refractivity contribution in [2.45, 2.75) is 52.5 Å². The third-order valence-corrected chi connectivity index (χ3v) is 3.40. The number of ether oxygens (including phenoxy) is 1. The zero-order valence-electron chi connectivity index (χ0n) is 14.6. The minimum Gasteiger partial charge on any atom is -0.452 e. The molecule has 0 fully saturated rings. The van der Waals surface area contributed by atoms with Gasteiger partial charge in [0.05, 0.1) is 5.56 Å². The molecule has 1 rings (SSSR count). The molecule has 0 aromatic heterocycles. The van der Waals surface area contributed by atoms with Gasteiger partial charge < -0.3 is 15.4 Å². The first-order valence-electron chi connectivity index (χ1n) is 8.26. The van der Waals surface area contributed by atoms with Gasteiger partial charge in [-0.2, -0.15) is 0 Å². The maximum Gasteiger partial charge on any atom is 0.338 e. The number of hydrogen-bond donors (Lipinski definition) is 2. The van der Waals surface area contributed by atoms with E-state index < -0.39 is 5.97 Å². The van der Waals surface area contributed by atoms with Gasteiger partial charge in [0.25, 0.3) is 5.91 Å². The van der Waals surface area contributed by atoms with Crippen molar-refractivity contribution in [2.75, 3.05) is 11.9 Å². The summed E-state index contributed by atoms with van der Waals surface area (Å²) < 4.78 is 5.01. The molecule has 6 heteroatoms. The zero-order chi connectivity index (χ0) is 17.9. The molecule has 0 radical (unpaired) electrons. The molecule has 0 spiro atoms. The number of rotatable bonds is 9. The van der Waals surface area contributed by atoms with E-state index in [2.05, 4.69) is 17.6 Å². The van der Waals surface area contributed by atoms with E-state index in [1.54, 1.807) is 18.2 Å². The number of benzene rings is 1. The average Bonchev–Trinajstić information content (AvgIpc) is 2.52. The molecule has 1 atom stereocenters. The Morgan fingerprint density at radius 1 is 1.21 bits per heavy atom. The van der Waals surface area contributed by atoms with Crippen molar-refractivity contribution in [3.8, 4) is 0 Å². The fraction of sp³-hybridized carbons (Fsp3) is 0.500. The molecule has 0 unspecified atom stereocenters. The van der Waals surface area contributed by atoms with Crippen LogP contribution in [-0.2, 0) is 14.3 Å². The number of esters is 1. The van der Waals surface area contributed by atoms with Gasteiger partial charge in [-0.25, -0.2) is 4.79 Å². The first-order chi connectivity index (χ1) is 11.4. The van der Waals surface area contributed by atoms with Crippen LogP contribution in [-0.4, -0.2) is 30.4 Å². The van der Waals surface area contributed by atoms with Crippen molar-refractivity contribution < 1.29 is 19.1 Å². The number of unbranched alkanes of at least 4 members (excludes halogenated alkanes) is 2. The average molecular weight is 334 g/mol. The molecule has 0 bridgehead atoms. The number of carbonyl (C=O) groups is 3. The van der Waals surface area contributed by atoms with E-state index >= 15 is 0 Å². The van der Waals surface area contributed by atoms with Crippen LogP contribution in [0.5, 0.6) is 0 Å². The fourth-order valence-corrected chi connectivity index (χ4v) is 2.23. The SMILES string of the molecule is CCCCC[C@@H](C)NC(=O)COC(=O)c1cccc(NC(C)=O)c1. The van der Waals surface area contributed by atoms with Crippen LogP contribution in [0.2, 0.25) is 0 Å². The molecule has 1 aromatic carbocycles. The largest absolute Gasteiger partial charge is 0.452 e. The van der Waals surface area contributed by atoms with Crippen molar-refractivity contribution in [1.82, 2.24) is 5.32 Å². The molecule has 0 aliphatic heterocycles. The van der Waals surface area contributed by atoms with Gasteiger partial charge in [0.15, 0.2) is 6.61 Å². The number of hydrogen-bond acceptors (Lipinski definition) is 4. The van der Waals surface area contributed by atoms with Crippen LogP contribution in [0.15, 0.2) is 24.3 Å². The fourth-order valence-electron chi connectivity index (χ4n) is 2.23. The van der Waals surface area contributed by atoms with E-state index in [9.17, 15) is 14.4 Å². The quantitative estimate of drug-likeness (QED) is 0.537. The van der Waals surface area contributed by atoms with Crippen LogP contribution in [0.25, 0.3) is 0 Å². The highest BCUT2D eigenvalue weighted by molar-refractivity contribution is 5.94. The highest BCUT2D eigenvalue weighted by Gasteiger charge is 2.12. The summed E-state index contributed by atoms with van der Waals surface area (Å²) in [6, 6.07) is 6.44. The molecule has 0 saturated heterocycles. The molecule has 24 heavy (non-hydrogen) atoms. The summed E-state index contributed by atoms with van der Waals surface area (Å²) in [6.07, 6.45) is 4.25. The maximum absolute atomic E-state index is 12.0. The lowest BCUT2D eigenvalue weighted by Gasteiger charge is -2.13. The van der Waals surface area contributed by atoms with Crippen molar-refractivity contribution in [2.24, 2.45) is 0 Å². The molecule has 0 heterocycles. The Morgan fingerprint density at radius 2 is 1.96 bits per heavy atom. The maximum atomic E-state index is 12.0. The molecule has 0 aliphatic rings. The topological polar surface area (TPSA) is 84.5 Å². The van der Waals surface area contributed by atoms with E-state index in [0.29, 0.717) is 5.69 Å². The van der Waals surface area contributed by atoms with E-state index in [-0.39, 0.29) is 30.0 Å². The smallest absolute Gasteiger partial charge is 0.338 e. The van der Waals surface area contributed by atoms with Gasteiger partial charge in [-0.1, -0.05) is 32.3 Å². The number of anilines is 1. The second kappa shape index (κ2) is 10.4. The molecule has 2 N–H and O–H groups in total. The first-order valence-corrected chi connectivity index (χ1v) is 8.26. The van der Waals surface area contributed by atoms with E-state index in [1.807, 2.05) is 6.92 Å². The summed E-state index contributed by atoms with van der Waals surface area (Å²) in [5.41, 5.74) is 0.788. The molecule has 0 saturated carbocycles. The molecule has 1 aromatic rings. The highest BCUT2D eigenvalue weighted by atomic mass is 16.5. The zero-order valence-corrected chi connectivity index (χ0v) is 14.6. The van der Waals surface area contributed by atoms with E-state index in [4.69, 9.17) is 4.74 Å². The molecular formula is C18H26N2O4. The lowest BCUT2D eigenvalue weighted by molar-refractivity contribution is -0.124. The van der Waals surface area contributed by atoms with Crippen molar-refractivity contribution >= 4 is 23.5 Å². The van der Waals surface area contributed by atoms with Crippen LogP contribution >= 0.6 is 0 Å². The Hall–Kier alpha value is -2.37. The Balaban J connectivity index is 2.42. The van der Waals surface area contributed by atoms with Crippen LogP contribution in [0.3, 0.4) is 0 Å². The lowest BCUT2D eigenvalue weighted by Crippen LogP contribution is -2.35. The van der Waals surface area contributed by atoms with Crippen LogP contribution < -0.4 is 10.6 Å². The van der Waals surface area contributed by atoms with Gasteiger partial charge in [-0.05, 0) is 31.5 Å². The molecule has 2 amide bonds. The van der Waals surface area contributed by atoms with Gasteiger partial charge in [-0.3, -0.25) is 9.59 Å². The highest BCUT2D eigenvalue weighted by Crippen LogP contribution is 2.11. The minimum atomic E-state index is -0.601. The third kappa shape index (κ3) is 7.76. The standard InChI is InChI=1S/C18H26N2O4/c1-4-5-6-8-13(2)19-17(22)12-24-18(23)15-9-7-10-16(11-15)20-14(3)21/h7,9-11,13H,4-6,8,12H2,1-3H3,(H,19,22)(H,20,21)/t13-/m1/s1. The Kier molecular flexibility index (Phi) is 8.54. The Bertz CT molecular complexity index is 572. The summed E-state index contributed by atoms with van der Waals surface area (Å²) in [5.74, 6) is -1.14. The summed E-state index contributed by atoms with van der Waals surface area (Å²) in [5, 5.41) is 5.40. The van der Waals surface area contributed by atoms with Crippen LogP contribution in [0.4, 0.5) is 5.69 Å². The number of amides is 2. The minimum absolute atomic E-state index is 0.0610. The molecule has 0 aliphatic carbocycles. The predicted molar refractivity (Wildman–Crippen MR) is 92.8 cm³/mol. The van der Waals surface area contributed by atoms with E-state index in [1.165, 1.54) is 13.0 Å². The second-order valence-electron chi connectivity index (χ2n) is 5.80. The Morgan fingerprint density at radius 3 is 2.62 bits per heavy atom. The predicted octanol–water partition coefficient (Wildman–Crippen LogP) is 2.89. The third-order valence-electron chi connectivity index (χ3n) is 3.40. The van der Waals surface area contributed by atoms with Gasteiger partial charge in [0.1, 0.15) is 0 Å². The number of carbonyl (C=O) groups excluding carboxylic acids is 3. The van der Waals surface area contributed by atoms with E-state index in [0.717, 1.165) is 25.7 Å². The monoisotopic (exact) mass is 334 g/mol. The van der Waals surface area contributed by atoms with Crippen molar-refractivity contribution in [3.05, 3.63) is 29.8 Å². The van der Waals surface area contributed by atoms with Crippen molar-refractivity contribution in [1.29, 1.82) is 0 Å². The summed E-state index contributed by atoms with van der Waals surface area (Å²) in [7, 11) is 0. The van der Waals surface area contributed by atoms with Crippen LogP contribution in [0.1, 0.15) is 56.8 Å². The summed E-state index contributed by atoms with van der Waals surface area (Å²) >= 11 is 0. The second-order valence-corrected chi connectivity index (χ2v) is 5.80.